The van der Waals surface area contributed by atoms with Crippen LogP contribution in [0.25, 0.3) is 0 Å². The predicted molar refractivity (Wildman–Crippen MR) is 151 cm³/mol. The number of amides is 2. The van der Waals surface area contributed by atoms with Crippen molar-refractivity contribution in [1.82, 2.24) is 9.80 Å². The van der Waals surface area contributed by atoms with Crippen LogP contribution in [0.15, 0.2) is 24.3 Å². The van der Waals surface area contributed by atoms with Crippen LogP contribution in [0.4, 0.5) is 5.69 Å². The van der Waals surface area contributed by atoms with E-state index in [0.29, 0.717) is 12.6 Å². The van der Waals surface area contributed by atoms with Gasteiger partial charge in [-0.1, -0.05) is 25.0 Å². The Bertz CT molecular complexity index is 1030. The Balaban J connectivity index is 0.000000426. The zero-order valence-corrected chi connectivity index (χ0v) is 23.7. The molecule has 4 aliphatic rings. The fourth-order valence-electron chi connectivity index (χ4n) is 6.37. The van der Waals surface area contributed by atoms with Gasteiger partial charge in [0, 0.05) is 32.7 Å². The maximum absolute atomic E-state index is 12.7. The maximum Gasteiger partial charge on any atom is 0.303 e. The number of benzene rings is 1. The number of carbonyl (C=O) groups is 4. The molecule has 3 N–H and O–H groups in total. The van der Waals surface area contributed by atoms with Gasteiger partial charge in [0.25, 0.3) is 0 Å². The van der Waals surface area contributed by atoms with Crippen molar-refractivity contribution in [3.05, 3.63) is 24.3 Å². The number of para-hydroxylation sites is 2. The second-order valence-electron chi connectivity index (χ2n) is 11.5. The van der Waals surface area contributed by atoms with Gasteiger partial charge in [0.2, 0.25) is 11.8 Å². The lowest BCUT2D eigenvalue weighted by molar-refractivity contribution is -0.143. The zero-order valence-electron chi connectivity index (χ0n) is 23.7. The highest BCUT2D eigenvalue weighted by atomic mass is 16.5. The number of rotatable bonds is 10. The highest BCUT2D eigenvalue weighted by molar-refractivity contribution is 6.05. The van der Waals surface area contributed by atoms with Gasteiger partial charge in [-0.25, -0.2) is 0 Å². The molecule has 2 aliphatic carbocycles. The number of hydrogen-bond acceptors (Lipinski definition) is 8. The van der Waals surface area contributed by atoms with E-state index in [-0.39, 0.29) is 43.0 Å². The van der Waals surface area contributed by atoms with Crippen molar-refractivity contribution in [2.24, 2.45) is 11.8 Å². The van der Waals surface area contributed by atoms with E-state index in [9.17, 15) is 24.3 Å². The molecule has 11 heteroatoms. The summed E-state index contributed by atoms with van der Waals surface area (Å²) in [5.41, 5.74) is 1.15. The molecule has 1 aromatic carbocycles. The number of carboxylic acids is 2. The van der Waals surface area contributed by atoms with Gasteiger partial charge in [0.05, 0.1) is 49.1 Å². The van der Waals surface area contributed by atoms with E-state index < -0.39 is 18.0 Å². The number of β-amino-alcohol motifs (C(OH)–C–C–N with tert-alkyl or cyclic N) is 1. The summed E-state index contributed by atoms with van der Waals surface area (Å²) in [4.78, 5) is 50.6. The Morgan fingerprint density at radius 2 is 1.34 bits per heavy atom. The molecule has 0 spiro atoms. The molecule has 2 heterocycles. The number of ether oxygens (including phenoxy) is 1. The van der Waals surface area contributed by atoms with Crippen LogP contribution in [0.2, 0.25) is 0 Å². The van der Waals surface area contributed by atoms with Crippen molar-refractivity contribution in [2.45, 2.75) is 76.4 Å². The molecule has 2 saturated heterocycles. The number of piperazine rings is 1. The predicted octanol–water partition coefficient (Wildman–Crippen LogP) is 2.60. The number of aliphatic hydroxyl groups is 1. The number of hydrogen-bond donors (Lipinski definition) is 3. The quantitative estimate of drug-likeness (QED) is 0.357. The van der Waals surface area contributed by atoms with Gasteiger partial charge in [-0.3, -0.25) is 29.0 Å². The molecule has 41 heavy (non-hydrogen) atoms. The highest BCUT2D eigenvalue weighted by Gasteiger charge is 2.48. The fraction of sp³-hybridized carbons (Fsp3) is 0.667. The zero-order chi connectivity index (χ0) is 29.4. The van der Waals surface area contributed by atoms with Crippen LogP contribution in [0.3, 0.4) is 0 Å². The third kappa shape index (κ3) is 8.42. The molecule has 2 amide bonds. The van der Waals surface area contributed by atoms with Crippen molar-refractivity contribution in [2.75, 3.05) is 44.2 Å². The second-order valence-corrected chi connectivity index (χ2v) is 11.5. The number of anilines is 1. The molecule has 0 radical (unpaired) electrons. The molecule has 4 fully saturated rings. The number of carboxylic acid groups (broad SMARTS) is 2. The molecule has 5 rings (SSSR count). The van der Waals surface area contributed by atoms with Crippen molar-refractivity contribution in [1.29, 1.82) is 0 Å². The summed E-state index contributed by atoms with van der Waals surface area (Å²) in [5, 5.41) is 26.5. The average molecular weight is 574 g/mol. The minimum absolute atomic E-state index is 0.0626. The van der Waals surface area contributed by atoms with Gasteiger partial charge in [0.15, 0.2) is 0 Å². The summed E-state index contributed by atoms with van der Waals surface area (Å²) >= 11 is 0. The Labute approximate surface area is 241 Å². The molecular formula is C30H43N3O8. The minimum atomic E-state index is -1.08. The van der Waals surface area contributed by atoms with Crippen molar-refractivity contribution < 1.29 is 39.2 Å². The first-order valence-corrected chi connectivity index (χ1v) is 14.9. The Kier molecular flexibility index (Phi) is 11.0. The molecular weight excluding hydrogens is 530 g/mol. The van der Waals surface area contributed by atoms with Crippen molar-refractivity contribution in [3.63, 3.8) is 0 Å². The van der Waals surface area contributed by atoms with E-state index in [2.05, 4.69) is 28.0 Å². The molecule has 1 aromatic rings. The first-order chi connectivity index (χ1) is 19.7. The van der Waals surface area contributed by atoms with Crippen LogP contribution < -0.4 is 9.64 Å². The summed E-state index contributed by atoms with van der Waals surface area (Å²) in [6, 6.07) is 8.32. The number of imide groups is 1. The Hall–Kier alpha value is -3.18. The molecule has 0 aromatic heterocycles. The third-order valence-corrected chi connectivity index (χ3v) is 8.52. The van der Waals surface area contributed by atoms with Crippen LogP contribution in [0.1, 0.15) is 64.2 Å². The van der Waals surface area contributed by atoms with Gasteiger partial charge >= 0.3 is 11.9 Å². The fourth-order valence-corrected chi connectivity index (χ4v) is 6.37. The molecule has 11 nitrogen and oxygen atoms in total. The lowest BCUT2D eigenvalue weighted by Crippen LogP contribution is -2.50. The Morgan fingerprint density at radius 1 is 0.805 bits per heavy atom. The number of fused-ring (bicyclic) bond motifs is 1. The highest BCUT2D eigenvalue weighted by Crippen LogP contribution is 2.38. The van der Waals surface area contributed by atoms with Crippen LogP contribution in [0.5, 0.6) is 5.75 Å². The maximum atomic E-state index is 12.7. The van der Waals surface area contributed by atoms with Gasteiger partial charge < -0.3 is 25.0 Å². The number of aliphatic hydroxyl groups excluding tert-OH is 1. The molecule has 2 aliphatic heterocycles. The SMILES string of the molecule is O=C(O)CCC(=O)O.O=C1C2CCCCC2C(=O)N1CC(O)CN1CCN(c2ccccc2OC2CCCC2)CC1. The normalized spacial score (nSPS) is 24.0. The average Bonchev–Trinajstić information content (AvgIpc) is 3.56. The van der Waals surface area contributed by atoms with E-state index in [4.69, 9.17) is 14.9 Å². The third-order valence-electron chi connectivity index (χ3n) is 8.52. The number of aliphatic carboxylic acids is 2. The number of carbonyl (C=O) groups excluding carboxylic acids is 2. The lowest BCUT2D eigenvalue weighted by Gasteiger charge is -2.38. The van der Waals surface area contributed by atoms with E-state index in [0.717, 1.165) is 76.1 Å². The van der Waals surface area contributed by atoms with Gasteiger partial charge in [-0.2, -0.15) is 0 Å². The van der Waals surface area contributed by atoms with Crippen molar-refractivity contribution in [3.8, 4) is 5.75 Å². The van der Waals surface area contributed by atoms with Gasteiger partial charge in [-0.05, 0) is 50.7 Å². The smallest absolute Gasteiger partial charge is 0.303 e. The summed E-state index contributed by atoms with van der Waals surface area (Å²) in [6.07, 6.45) is 7.51. The molecule has 3 atom stereocenters. The summed E-state index contributed by atoms with van der Waals surface area (Å²) in [7, 11) is 0. The number of nitrogens with zero attached hydrogens (tertiary/aromatic N) is 3. The molecule has 226 valence electrons. The first-order valence-electron chi connectivity index (χ1n) is 14.9. The van der Waals surface area contributed by atoms with E-state index in [1.807, 2.05) is 6.07 Å². The van der Waals surface area contributed by atoms with Crippen LogP contribution in [-0.2, 0) is 19.2 Å². The summed E-state index contributed by atoms with van der Waals surface area (Å²) in [5.74, 6) is -1.59. The van der Waals surface area contributed by atoms with E-state index in [1.165, 1.54) is 17.7 Å². The minimum Gasteiger partial charge on any atom is -0.488 e. The standard InChI is InChI=1S/C26H37N3O4.C4H6O4/c30-19(18-29-25(31)21-9-3-4-10-22(21)26(29)32)17-27-13-15-28(16-14-27)23-11-5-6-12-24(23)33-20-7-1-2-8-20;5-3(6)1-2-4(7)8/h5-6,11-12,19-22,30H,1-4,7-10,13-18H2;1-2H2,(H,5,6)(H,7,8). The largest absolute Gasteiger partial charge is 0.488 e. The van der Waals surface area contributed by atoms with Gasteiger partial charge in [-0.15, -0.1) is 0 Å². The van der Waals surface area contributed by atoms with Crippen LogP contribution in [0, 0.1) is 11.8 Å². The molecule has 2 saturated carbocycles. The van der Waals surface area contributed by atoms with E-state index in [1.54, 1.807) is 0 Å². The Morgan fingerprint density at radius 3 is 1.90 bits per heavy atom. The van der Waals surface area contributed by atoms with Crippen LogP contribution in [-0.4, -0.2) is 100 Å². The topological polar surface area (TPSA) is 148 Å². The first kappa shape index (κ1) is 30.8. The monoisotopic (exact) mass is 573 g/mol. The summed E-state index contributed by atoms with van der Waals surface area (Å²) in [6.45, 7) is 4.01. The number of likely N-dealkylation sites (tertiary alicyclic amines) is 1. The van der Waals surface area contributed by atoms with Crippen LogP contribution >= 0.6 is 0 Å². The summed E-state index contributed by atoms with van der Waals surface area (Å²) < 4.78 is 6.32. The second kappa shape index (κ2) is 14.6. The van der Waals surface area contributed by atoms with Gasteiger partial charge in [0.1, 0.15) is 5.75 Å². The lowest BCUT2D eigenvalue weighted by atomic mass is 9.81. The van der Waals surface area contributed by atoms with Crippen molar-refractivity contribution >= 4 is 29.4 Å². The van der Waals surface area contributed by atoms with E-state index >= 15 is 0 Å². The molecule has 3 unspecified atom stereocenters. The molecule has 0 bridgehead atoms.